The fraction of sp³-hybridized carbons (Fsp3) is 0.500. The molecule has 0 saturated carbocycles. The number of halogens is 1. The van der Waals surface area contributed by atoms with Crippen LogP contribution in [0.5, 0.6) is 0 Å². The van der Waals surface area contributed by atoms with E-state index < -0.39 is 5.92 Å². The Kier molecular flexibility index (Phi) is 4.01. The quantitative estimate of drug-likeness (QED) is 0.848. The van der Waals surface area contributed by atoms with E-state index in [2.05, 4.69) is 5.32 Å². The third-order valence-corrected chi connectivity index (χ3v) is 4.47. The lowest BCUT2D eigenvalue weighted by Crippen LogP contribution is -2.47. The summed E-state index contributed by atoms with van der Waals surface area (Å²) in [6.45, 7) is 1.32. The molecule has 1 aromatic carbocycles. The molecule has 4 nitrogen and oxygen atoms in total. The minimum atomic E-state index is -0.457. The zero-order valence-corrected chi connectivity index (χ0v) is 11.7. The summed E-state index contributed by atoms with van der Waals surface area (Å²) in [5.74, 6) is -1.17. The van der Waals surface area contributed by atoms with Crippen LogP contribution in [-0.4, -0.2) is 25.0 Å². The summed E-state index contributed by atoms with van der Waals surface area (Å²) in [5.41, 5.74) is 0.650. The molecule has 0 bridgehead atoms. The normalized spacial score (nSPS) is 27.5. The summed E-state index contributed by atoms with van der Waals surface area (Å²) in [4.78, 5) is 24.0. The Hall–Kier alpha value is -1.75. The molecule has 1 N–H and O–H groups in total. The van der Waals surface area contributed by atoms with E-state index in [1.807, 2.05) is 0 Å². The van der Waals surface area contributed by atoms with Gasteiger partial charge in [0, 0.05) is 19.6 Å². The van der Waals surface area contributed by atoms with Crippen LogP contribution in [0.1, 0.15) is 30.7 Å². The van der Waals surface area contributed by atoms with Gasteiger partial charge in [0.05, 0.1) is 5.92 Å². The largest absolute Gasteiger partial charge is 0.381 e. The minimum Gasteiger partial charge on any atom is -0.381 e. The number of ether oxygens (including phenoxy) is 1. The average molecular weight is 291 g/mol. The molecule has 2 saturated heterocycles. The van der Waals surface area contributed by atoms with Crippen molar-refractivity contribution in [1.29, 1.82) is 0 Å². The number of carbonyl (C=O) groups is 2. The first-order chi connectivity index (χ1) is 10.1. The van der Waals surface area contributed by atoms with Crippen LogP contribution in [-0.2, 0) is 14.3 Å². The molecule has 0 radical (unpaired) electrons. The topological polar surface area (TPSA) is 55.4 Å². The van der Waals surface area contributed by atoms with Gasteiger partial charge in [-0.05, 0) is 42.4 Å². The molecule has 0 aromatic heterocycles. The van der Waals surface area contributed by atoms with Crippen molar-refractivity contribution in [2.75, 3.05) is 13.2 Å². The van der Waals surface area contributed by atoms with Crippen LogP contribution in [0.2, 0.25) is 0 Å². The van der Waals surface area contributed by atoms with Gasteiger partial charge in [0.15, 0.2) is 0 Å². The number of carbonyl (C=O) groups excluding carboxylic acids is 2. The van der Waals surface area contributed by atoms with Crippen molar-refractivity contribution < 1.29 is 18.7 Å². The Bertz CT molecular complexity index is 554. The Balaban J connectivity index is 1.92. The van der Waals surface area contributed by atoms with Crippen molar-refractivity contribution in [1.82, 2.24) is 5.32 Å². The molecule has 2 fully saturated rings. The number of hydrogen-bond donors (Lipinski definition) is 1. The number of nitrogens with one attached hydrogen (secondary N) is 1. The van der Waals surface area contributed by atoms with Gasteiger partial charge < -0.3 is 4.74 Å². The first-order valence-electron chi connectivity index (χ1n) is 7.32. The van der Waals surface area contributed by atoms with Crippen LogP contribution >= 0.6 is 0 Å². The lowest BCUT2D eigenvalue weighted by molar-refractivity contribution is -0.138. The molecule has 2 atom stereocenters. The Morgan fingerprint density at radius 1 is 1.19 bits per heavy atom. The van der Waals surface area contributed by atoms with Crippen molar-refractivity contribution in [2.24, 2.45) is 11.8 Å². The Morgan fingerprint density at radius 3 is 2.67 bits per heavy atom. The standard InChI is InChI=1S/C16H18FNO3/c17-12-3-1-2-11(8-12)15-13(9-14(19)18-16(15)20)10-4-6-21-7-5-10/h1-3,8,10,13,15H,4-7,9H2,(H,18,19,20). The van der Waals surface area contributed by atoms with Gasteiger partial charge in [-0.15, -0.1) is 0 Å². The average Bonchev–Trinajstić information content (AvgIpc) is 2.47. The van der Waals surface area contributed by atoms with E-state index in [-0.39, 0.29) is 29.5 Å². The van der Waals surface area contributed by atoms with Crippen LogP contribution in [0.15, 0.2) is 24.3 Å². The van der Waals surface area contributed by atoms with Gasteiger partial charge >= 0.3 is 0 Å². The first-order valence-corrected chi connectivity index (χ1v) is 7.32. The summed E-state index contributed by atoms with van der Waals surface area (Å²) in [6.07, 6.45) is 2.01. The van der Waals surface area contributed by atoms with Crippen LogP contribution in [0.25, 0.3) is 0 Å². The SMILES string of the molecule is O=C1CC(C2CCOCC2)C(c2cccc(F)c2)C(=O)N1. The summed E-state index contributed by atoms with van der Waals surface area (Å²) in [6, 6.07) is 6.12. The van der Waals surface area contributed by atoms with Crippen molar-refractivity contribution in [3.05, 3.63) is 35.6 Å². The monoisotopic (exact) mass is 291 g/mol. The molecule has 3 rings (SSSR count). The third-order valence-electron chi connectivity index (χ3n) is 4.47. The molecule has 2 aliphatic heterocycles. The van der Waals surface area contributed by atoms with E-state index in [4.69, 9.17) is 4.74 Å². The summed E-state index contributed by atoms with van der Waals surface area (Å²) < 4.78 is 18.8. The second-order valence-corrected chi connectivity index (χ2v) is 5.76. The van der Waals surface area contributed by atoms with E-state index in [1.54, 1.807) is 12.1 Å². The smallest absolute Gasteiger partial charge is 0.234 e. The lowest BCUT2D eigenvalue weighted by atomic mass is 9.71. The van der Waals surface area contributed by atoms with Crippen molar-refractivity contribution in [2.45, 2.75) is 25.2 Å². The van der Waals surface area contributed by atoms with Crippen LogP contribution in [0.3, 0.4) is 0 Å². The predicted octanol–water partition coefficient (Wildman–Crippen LogP) is 2.00. The number of imide groups is 1. The molecular weight excluding hydrogens is 273 g/mol. The molecule has 0 aliphatic carbocycles. The molecule has 1 aromatic rings. The molecule has 112 valence electrons. The number of amides is 2. The van der Waals surface area contributed by atoms with Crippen LogP contribution in [0, 0.1) is 17.7 Å². The maximum absolute atomic E-state index is 13.5. The van der Waals surface area contributed by atoms with E-state index in [1.165, 1.54) is 12.1 Å². The molecule has 2 heterocycles. The summed E-state index contributed by atoms with van der Waals surface area (Å²) >= 11 is 0. The van der Waals surface area contributed by atoms with Crippen molar-refractivity contribution in [3.8, 4) is 0 Å². The van der Waals surface area contributed by atoms with Crippen LogP contribution < -0.4 is 5.32 Å². The highest BCUT2D eigenvalue weighted by Crippen LogP contribution is 2.39. The Labute approximate surface area is 122 Å². The van der Waals surface area contributed by atoms with Crippen LogP contribution in [0.4, 0.5) is 4.39 Å². The second kappa shape index (κ2) is 5.93. The highest BCUT2D eigenvalue weighted by atomic mass is 19.1. The first kappa shape index (κ1) is 14.2. The van der Waals surface area contributed by atoms with Gasteiger partial charge in [-0.25, -0.2) is 4.39 Å². The number of piperidine rings is 1. The molecule has 0 spiro atoms. The number of benzene rings is 1. The highest BCUT2D eigenvalue weighted by Gasteiger charge is 2.41. The molecule has 21 heavy (non-hydrogen) atoms. The van der Waals surface area contributed by atoms with E-state index in [0.717, 1.165) is 12.8 Å². The lowest BCUT2D eigenvalue weighted by Gasteiger charge is -2.37. The summed E-state index contributed by atoms with van der Waals surface area (Å²) in [7, 11) is 0. The minimum absolute atomic E-state index is 0.0723. The van der Waals surface area contributed by atoms with Gasteiger partial charge in [-0.1, -0.05) is 12.1 Å². The van der Waals surface area contributed by atoms with Gasteiger partial charge in [0.1, 0.15) is 5.82 Å². The van der Waals surface area contributed by atoms with E-state index in [9.17, 15) is 14.0 Å². The summed E-state index contributed by atoms with van der Waals surface area (Å²) in [5, 5.41) is 2.38. The van der Waals surface area contributed by atoms with Gasteiger partial charge in [-0.3, -0.25) is 14.9 Å². The zero-order chi connectivity index (χ0) is 14.8. The maximum Gasteiger partial charge on any atom is 0.234 e. The molecule has 5 heteroatoms. The number of hydrogen-bond acceptors (Lipinski definition) is 3. The third kappa shape index (κ3) is 2.97. The zero-order valence-electron chi connectivity index (χ0n) is 11.7. The maximum atomic E-state index is 13.5. The van der Waals surface area contributed by atoms with Crippen molar-refractivity contribution >= 4 is 11.8 Å². The molecule has 2 unspecified atom stereocenters. The van der Waals surface area contributed by atoms with E-state index >= 15 is 0 Å². The van der Waals surface area contributed by atoms with E-state index in [0.29, 0.717) is 25.2 Å². The highest BCUT2D eigenvalue weighted by molar-refractivity contribution is 6.01. The second-order valence-electron chi connectivity index (χ2n) is 5.76. The molecular formula is C16H18FNO3. The van der Waals surface area contributed by atoms with Gasteiger partial charge in [-0.2, -0.15) is 0 Å². The fourth-order valence-electron chi connectivity index (χ4n) is 3.47. The molecule has 2 aliphatic rings. The van der Waals surface area contributed by atoms with Crippen molar-refractivity contribution in [3.63, 3.8) is 0 Å². The molecule has 2 amide bonds. The van der Waals surface area contributed by atoms with Gasteiger partial charge in [0.2, 0.25) is 11.8 Å². The number of rotatable bonds is 2. The van der Waals surface area contributed by atoms with Gasteiger partial charge in [0.25, 0.3) is 0 Å². The fourth-order valence-corrected chi connectivity index (χ4v) is 3.47. The predicted molar refractivity (Wildman–Crippen MR) is 73.9 cm³/mol. The Morgan fingerprint density at radius 2 is 1.95 bits per heavy atom.